The van der Waals surface area contributed by atoms with Crippen molar-refractivity contribution in [2.24, 2.45) is 0 Å². The molecule has 0 N–H and O–H groups in total. The first kappa shape index (κ1) is 16.2. The maximum atomic E-state index is 4.33. The van der Waals surface area contributed by atoms with Crippen LogP contribution < -0.4 is 0 Å². The highest BCUT2D eigenvalue weighted by Gasteiger charge is 1.99. The molecule has 0 saturated carbocycles. The van der Waals surface area contributed by atoms with Crippen LogP contribution in [0.25, 0.3) is 0 Å². The summed E-state index contributed by atoms with van der Waals surface area (Å²) in [5, 5.41) is 0. The van der Waals surface area contributed by atoms with Crippen LogP contribution in [0.15, 0.2) is 88.7 Å². The number of benzene rings is 3. The Morgan fingerprint density at radius 3 is 1.87 bits per heavy atom. The second-order valence-corrected chi connectivity index (χ2v) is 7.26. The van der Waals surface area contributed by atoms with Crippen molar-refractivity contribution < 1.29 is 0 Å². The first-order valence-corrected chi connectivity index (χ1v) is 9.26. The largest absolute Gasteiger partial charge is 0.143 e. The lowest BCUT2D eigenvalue weighted by Gasteiger charge is -2.05. The molecule has 0 spiro atoms. The second kappa shape index (κ2) is 8.28. The first-order chi connectivity index (χ1) is 11.3. The molecule has 0 amide bonds. The number of hydrogen-bond acceptors (Lipinski definition) is 2. The zero-order valence-electron chi connectivity index (χ0n) is 13.0. The smallest absolute Gasteiger partial charge is 0.00720 e. The number of hydrogen-bond donors (Lipinski definition) is 1. The van der Waals surface area contributed by atoms with Gasteiger partial charge >= 0.3 is 0 Å². The monoisotopic (exact) mass is 336 g/mol. The van der Waals surface area contributed by atoms with Crippen LogP contribution in [0.4, 0.5) is 0 Å². The summed E-state index contributed by atoms with van der Waals surface area (Å²) >= 11 is 6.24. The molecular formula is C21H20S2. The van der Waals surface area contributed by atoms with Gasteiger partial charge in [-0.15, -0.1) is 24.4 Å². The molecule has 3 rings (SSSR count). The Morgan fingerprint density at radius 1 is 0.652 bits per heavy atom. The molecule has 0 radical (unpaired) electrons. The van der Waals surface area contributed by atoms with Crippen molar-refractivity contribution in [2.45, 2.75) is 22.6 Å². The van der Waals surface area contributed by atoms with Gasteiger partial charge in [0.25, 0.3) is 0 Å². The van der Waals surface area contributed by atoms with Crippen LogP contribution >= 0.6 is 24.4 Å². The van der Waals surface area contributed by atoms with Gasteiger partial charge in [0.05, 0.1) is 0 Å². The first-order valence-electron chi connectivity index (χ1n) is 7.83. The Kier molecular flexibility index (Phi) is 5.84. The van der Waals surface area contributed by atoms with E-state index < -0.39 is 0 Å². The Morgan fingerprint density at radius 2 is 1.22 bits per heavy atom. The molecule has 0 aromatic heterocycles. The van der Waals surface area contributed by atoms with Crippen molar-refractivity contribution >= 4 is 24.4 Å². The highest BCUT2D eigenvalue weighted by atomic mass is 32.2. The summed E-state index contributed by atoms with van der Waals surface area (Å²) in [6.45, 7) is 0. The third-order valence-corrected chi connectivity index (χ3v) is 5.08. The van der Waals surface area contributed by atoms with E-state index in [1.807, 2.05) is 23.9 Å². The summed E-state index contributed by atoms with van der Waals surface area (Å²) in [6, 6.07) is 28.0. The SMILES string of the molecule is Sc1ccc(Cc2ccc(CCSc3ccccc3)cc2)cc1. The molecule has 3 aromatic carbocycles. The van der Waals surface area contributed by atoms with E-state index in [1.54, 1.807) is 0 Å². The maximum Gasteiger partial charge on any atom is 0.00720 e. The molecule has 0 aliphatic rings. The molecule has 0 saturated heterocycles. The molecule has 0 unspecified atom stereocenters. The summed E-state index contributed by atoms with van der Waals surface area (Å²) in [6.07, 6.45) is 2.08. The minimum atomic E-state index is 0.979. The number of thioether (sulfide) groups is 1. The van der Waals surface area contributed by atoms with Crippen molar-refractivity contribution in [1.82, 2.24) is 0 Å². The minimum absolute atomic E-state index is 0.979. The molecule has 2 heteroatoms. The van der Waals surface area contributed by atoms with Crippen molar-refractivity contribution in [3.05, 3.63) is 95.6 Å². The van der Waals surface area contributed by atoms with Crippen LogP contribution in [-0.4, -0.2) is 5.75 Å². The van der Waals surface area contributed by atoms with E-state index in [1.165, 1.54) is 21.6 Å². The number of thiol groups is 1. The number of rotatable bonds is 6. The molecule has 0 aliphatic carbocycles. The van der Waals surface area contributed by atoms with E-state index in [-0.39, 0.29) is 0 Å². The van der Waals surface area contributed by atoms with E-state index in [0.717, 1.165) is 23.5 Å². The van der Waals surface area contributed by atoms with Gasteiger partial charge in [-0.05, 0) is 53.8 Å². The highest BCUT2D eigenvalue weighted by Crippen LogP contribution is 2.19. The summed E-state index contributed by atoms with van der Waals surface area (Å²) in [4.78, 5) is 2.36. The van der Waals surface area contributed by atoms with Crippen LogP contribution in [0, 0.1) is 0 Å². The molecule has 0 atom stereocenters. The van der Waals surface area contributed by atoms with Crippen LogP contribution in [-0.2, 0) is 12.8 Å². The third kappa shape index (κ3) is 5.19. The van der Waals surface area contributed by atoms with E-state index in [2.05, 4.69) is 79.4 Å². The second-order valence-electron chi connectivity index (χ2n) is 5.57. The van der Waals surface area contributed by atoms with Crippen molar-refractivity contribution in [3.63, 3.8) is 0 Å². The van der Waals surface area contributed by atoms with Gasteiger partial charge in [-0.1, -0.05) is 54.6 Å². The summed E-state index contributed by atoms with van der Waals surface area (Å²) < 4.78 is 0. The molecule has 0 nitrogen and oxygen atoms in total. The molecule has 3 aromatic rings. The average Bonchev–Trinajstić information content (AvgIpc) is 2.59. The predicted octanol–water partition coefficient (Wildman–Crippen LogP) is 5.90. The van der Waals surface area contributed by atoms with Gasteiger partial charge in [-0.2, -0.15) is 0 Å². The standard InChI is InChI=1S/C21H20S2/c22-20-12-10-19(11-13-20)16-18-8-6-17(7-9-18)14-15-23-21-4-2-1-3-5-21/h1-13,22H,14-16H2. The number of aryl methyl sites for hydroxylation is 1. The van der Waals surface area contributed by atoms with Gasteiger partial charge in [0.15, 0.2) is 0 Å². The van der Waals surface area contributed by atoms with E-state index >= 15 is 0 Å². The predicted molar refractivity (Wildman–Crippen MR) is 104 cm³/mol. The highest BCUT2D eigenvalue weighted by molar-refractivity contribution is 7.99. The van der Waals surface area contributed by atoms with E-state index in [9.17, 15) is 0 Å². The van der Waals surface area contributed by atoms with Gasteiger partial charge in [-0.3, -0.25) is 0 Å². The molecular weight excluding hydrogens is 316 g/mol. The van der Waals surface area contributed by atoms with Gasteiger partial charge < -0.3 is 0 Å². The molecule has 116 valence electrons. The lowest BCUT2D eigenvalue weighted by molar-refractivity contribution is 1.13. The lowest BCUT2D eigenvalue weighted by atomic mass is 10.0. The fraction of sp³-hybridized carbons (Fsp3) is 0.143. The van der Waals surface area contributed by atoms with Gasteiger partial charge in [0.2, 0.25) is 0 Å². The molecule has 0 aliphatic heterocycles. The van der Waals surface area contributed by atoms with Gasteiger partial charge in [0, 0.05) is 15.5 Å². The summed E-state index contributed by atoms with van der Waals surface area (Å²) in [5.41, 5.74) is 4.09. The average molecular weight is 337 g/mol. The fourth-order valence-corrected chi connectivity index (χ4v) is 3.55. The van der Waals surface area contributed by atoms with E-state index in [4.69, 9.17) is 0 Å². The normalized spacial score (nSPS) is 10.7. The van der Waals surface area contributed by atoms with Crippen LogP contribution in [0.1, 0.15) is 16.7 Å². The molecule has 0 bridgehead atoms. The zero-order chi connectivity index (χ0) is 15.9. The van der Waals surface area contributed by atoms with Crippen molar-refractivity contribution in [3.8, 4) is 0 Å². The Bertz CT molecular complexity index is 716. The summed E-state index contributed by atoms with van der Waals surface area (Å²) in [7, 11) is 0. The fourth-order valence-electron chi connectivity index (χ4n) is 2.48. The quantitative estimate of drug-likeness (QED) is 0.432. The van der Waals surface area contributed by atoms with Crippen LogP contribution in [0.5, 0.6) is 0 Å². The van der Waals surface area contributed by atoms with Gasteiger partial charge in [0.1, 0.15) is 0 Å². The Balaban J connectivity index is 1.51. The minimum Gasteiger partial charge on any atom is -0.143 e. The van der Waals surface area contributed by atoms with Crippen LogP contribution in [0.2, 0.25) is 0 Å². The Hall–Kier alpha value is -1.64. The van der Waals surface area contributed by atoms with Crippen LogP contribution in [0.3, 0.4) is 0 Å². The van der Waals surface area contributed by atoms with E-state index in [0.29, 0.717) is 0 Å². The Labute approximate surface area is 148 Å². The third-order valence-electron chi connectivity index (χ3n) is 3.77. The van der Waals surface area contributed by atoms with Crippen molar-refractivity contribution in [1.29, 1.82) is 0 Å². The molecule has 0 heterocycles. The lowest BCUT2D eigenvalue weighted by Crippen LogP contribution is -1.91. The molecule has 23 heavy (non-hydrogen) atoms. The van der Waals surface area contributed by atoms with Gasteiger partial charge in [-0.25, -0.2) is 0 Å². The molecule has 0 fully saturated rings. The zero-order valence-corrected chi connectivity index (χ0v) is 14.7. The topological polar surface area (TPSA) is 0 Å². The van der Waals surface area contributed by atoms with Crippen molar-refractivity contribution in [2.75, 3.05) is 5.75 Å². The summed E-state index contributed by atoms with van der Waals surface area (Å²) in [5.74, 6) is 1.12. The maximum absolute atomic E-state index is 4.33.